The maximum Gasteiger partial charge on any atom is 0.222 e. The van der Waals surface area contributed by atoms with Crippen LogP contribution < -0.4 is 0 Å². The molecule has 0 bridgehead atoms. The molecular formula is C16H27N5O2. The van der Waals surface area contributed by atoms with Crippen LogP contribution in [-0.4, -0.2) is 75.9 Å². The highest BCUT2D eigenvalue weighted by atomic mass is 16.5. The van der Waals surface area contributed by atoms with Crippen molar-refractivity contribution in [3.05, 3.63) is 12.7 Å². The van der Waals surface area contributed by atoms with Gasteiger partial charge >= 0.3 is 0 Å². The quantitative estimate of drug-likeness (QED) is 0.774. The highest BCUT2D eigenvalue weighted by Gasteiger charge is 2.28. The zero-order valence-electron chi connectivity index (χ0n) is 13.8. The molecule has 7 heteroatoms. The lowest BCUT2D eigenvalue weighted by Crippen LogP contribution is -2.51. The van der Waals surface area contributed by atoms with Crippen molar-refractivity contribution in [2.24, 2.45) is 0 Å². The first-order valence-electron chi connectivity index (χ1n) is 8.75. The van der Waals surface area contributed by atoms with Gasteiger partial charge in [-0.05, 0) is 25.7 Å². The second kappa shape index (κ2) is 8.40. The van der Waals surface area contributed by atoms with Gasteiger partial charge in [0.05, 0.1) is 13.2 Å². The molecule has 2 saturated heterocycles. The monoisotopic (exact) mass is 321 g/mol. The molecule has 3 rings (SSSR count). The van der Waals surface area contributed by atoms with E-state index in [0.717, 1.165) is 65.2 Å². The van der Waals surface area contributed by atoms with E-state index in [0.29, 0.717) is 18.4 Å². The van der Waals surface area contributed by atoms with Crippen LogP contribution in [0.25, 0.3) is 0 Å². The summed E-state index contributed by atoms with van der Waals surface area (Å²) in [4.78, 5) is 21.1. The summed E-state index contributed by atoms with van der Waals surface area (Å²) in [6, 6.07) is 0.376. The van der Waals surface area contributed by atoms with E-state index < -0.39 is 0 Å². The molecule has 1 unspecified atom stereocenters. The fourth-order valence-corrected chi connectivity index (χ4v) is 3.48. The van der Waals surface area contributed by atoms with Crippen molar-refractivity contribution in [1.82, 2.24) is 24.6 Å². The van der Waals surface area contributed by atoms with Gasteiger partial charge in [-0.15, -0.1) is 0 Å². The predicted octanol–water partition coefficient (Wildman–Crippen LogP) is 0.772. The largest absolute Gasteiger partial charge is 0.379 e. The molecule has 2 aliphatic rings. The number of aryl methyl sites for hydroxylation is 1. The SMILES string of the molecule is O=C(CCCn1cncn1)N1CCCCC1CN1CCOCC1. The normalized spacial score (nSPS) is 23.1. The van der Waals surface area contributed by atoms with Gasteiger partial charge in [0, 0.05) is 45.2 Å². The van der Waals surface area contributed by atoms with Crippen molar-refractivity contribution in [2.75, 3.05) is 39.4 Å². The Bertz CT molecular complexity index is 473. The number of carbonyl (C=O) groups excluding carboxylic acids is 1. The van der Waals surface area contributed by atoms with Crippen molar-refractivity contribution < 1.29 is 9.53 Å². The second-order valence-electron chi connectivity index (χ2n) is 6.41. The summed E-state index contributed by atoms with van der Waals surface area (Å²) >= 11 is 0. The van der Waals surface area contributed by atoms with E-state index >= 15 is 0 Å². The summed E-state index contributed by atoms with van der Waals surface area (Å²) in [5.74, 6) is 0.295. The number of nitrogens with zero attached hydrogens (tertiary/aromatic N) is 5. The summed E-state index contributed by atoms with van der Waals surface area (Å²) in [6.45, 7) is 6.29. The molecule has 2 fully saturated rings. The third-order valence-electron chi connectivity index (χ3n) is 4.76. The van der Waals surface area contributed by atoms with Gasteiger partial charge in [-0.1, -0.05) is 0 Å². The molecule has 1 atom stereocenters. The van der Waals surface area contributed by atoms with Crippen molar-refractivity contribution in [1.29, 1.82) is 0 Å². The number of hydrogen-bond acceptors (Lipinski definition) is 5. The minimum absolute atomic E-state index is 0.295. The average Bonchev–Trinajstić information content (AvgIpc) is 3.09. The van der Waals surface area contributed by atoms with E-state index in [1.807, 2.05) is 0 Å². The van der Waals surface area contributed by atoms with Crippen LogP contribution in [0.3, 0.4) is 0 Å². The zero-order valence-corrected chi connectivity index (χ0v) is 13.8. The van der Waals surface area contributed by atoms with Crippen molar-refractivity contribution in [3.8, 4) is 0 Å². The number of carbonyl (C=O) groups is 1. The molecule has 1 amide bonds. The second-order valence-corrected chi connectivity index (χ2v) is 6.41. The summed E-state index contributed by atoms with van der Waals surface area (Å²) < 4.78 is 7.20. The number of likely N-dealkylation sites (tertiary alicyclic amines) is 1. The van der Waals surface area contributed by atoms with Gasteiger partial charge in [0.2, 0.25) is 5.91 Å². The number of hydrogen-bond donors (Lipinski definition) is 0. The first kappa shape index (κ1) is 16.4. The van der Waals surface area contributed by atoms with Gasteiger partial charge in [-0.25, -0.2) is 4.98 Å². The molecule has 1 aromatic rings. The topological polar surface area (TPSA) is 63.5 Å². The van der Waals surface area contributed by atoms with Crippen LogP contribution in [0.15, 0.2) is 12.7 Å². The third-order valence-corrected chi connectivity index (χ3v) is 4.76. The van der Waals surface area contributed by atoms with Gasteiger partial charge < -0.3 is 9.64 Å². The zero-order chi connectivity index (χ0) is 15.9. The number of morpholine rings is 1. The molecule has 3 heterocycles. The van der Waals surface area contributed by atoms with E-state index in [-0.39, 0.29) is 0 Å². The average molecular weight is 321 g/mol. The highest BCUT2D eigenvalue weighted by molar-refractivity contribution is 5.76. The van der Waals surface area contributed by atoms with Gasteiger partial charge in [0.1, 0.15) is 12.7 Å². The Kier molecular flexibility index (Phi) is 5.99. The standard InChI is InChI=1S/C16H27N5O2/c22-16(5-3-6-20-14-17-13-18-20)21-7-2-1-4-15(21)12-19-8-10-23-11-9-19/h13-15H,1-12H2. The van der Waals surface area contributed by atoms with E-state index in [4.69, 9.17) is 4.74 Å². The molecular weight excluding hydrogens is 294 g/mol. The highest BCUT2D eigenvalue weighted by Crippen LogP contribution is 2.20. The van der Waals surface area contributed by atoms with E-state index in [9.17, 15) is 4.79 Å². The summed E-state index contributed by atoms with van der Waals surface area (Å²) in [5.41, 5.74) is 0. The Morgan fingerprint density at radius 1 is 1.22 bits per heavy atom. The van der Waals surface area contributed by atoms with Crippen LogP contribution >= 0.6 is 0 Å². The number of rotatable bonds is 6. The lowest BCUT2D eigenvalue weighted by Gasteiger charge is -2.39. The molecule has 0 aromatic carbocycles. The molecule has 0 N–H and O–H groups in total. The number of aromatic nitrogens is 3. The van der Waals surface area contributed by atoms with Gasteiger partial charge in [0.25, 0.3) is 0 Å². The van der Waals surface area contributed by atoms with Crippen LogP contribution in [0.2, 0.25) is 0 Å². The number of amides is 1. The van der Waals surface area contributed by atoms with Crippen molar-refractivity contribution in [2.45, 2.75) is 44.7 Å². The Balaban J connectivity index is 1.47. The van der Waals surface area contributed by atoms with Crippen molar-refractivity contribution >= 4 is 5.91 Å². The van der Waals surface area contributed by atoms with Crippen LogP contribution in [0.1, 0.15) is 32.1 Å². The van der Waals surface area contributed by atoms with Gasteiger partial charge in [0.15, 0.2) is 0 Å². The Morgan fingerprint density at radius 3 is 2.87 bits per heavy atom. The summed E-state index contributed by atoms with van der Waals surface area (Å²) in [6.07, 6.45) is 8.15. The minimum atomic E-state index is 0.295. The smallest absolute Gasteiger partial charge is 0.222 e. The van der Waals surface area contributed by atoms with Crippen LogP contribution in [-0.2, 0) is 16.1 Å². The molecule has 7 nitrogen and oxygen atoms in total. The molecule has 128 valence electrons. The number of piperidine rings is 1. The summed E-state index contributed by atoms with van der Waals surface area (Å²) in [5, 5.41) is 4.08. The molecule has 0 spiro atoms. The molecule has 0 saturated carbocycles. The van der Waals surface area contributed by atoms with Crippen LogP contribution in [0.4, 0.5) is 0 Å². The van der Waals surface area contributed by atoms with Crippen molar-refractivity contribution in [3.63, 3.8) is 0 Å². The van der Waals surface area contributed by atoms with Gasteiger partial charge in [-0.3, -0.25) is 14.4 Å². The lowest BCUT2D eigenvalue weighted by atomic mass is 10.0. The van der Waals surface area contributed by atoms with Crippen LogP contribution in [0, 0.1) is 0 Å². The molecule has 0 aliphatic carbocycles. The Labute approximate surface area is 137 Å². The minimum Gasteiger partial charge on any atom is -0.379 e. The number of ether oxygens (including phenoxy) is 1. The van der Waals surface area contributed by atoms with E-state index in [1.54, 1.807) is 11.0 Å². The summed E-state index contributed by atoms with van der Waals surface area (Å²) in [7, 11) is 0. The van der Waals surface area contributed by atoms with E-state index in [1.165, 1.54) is 12.7 Å². The maximum absolute atomic E-state index is 12.6. The fraction of sp³-hybridized carbons (Fsp3) is 0.812. The first-order valence-corrected chi connectivity index (χ1v) is 8.75. The first-order chi connectivity index (χ1) is 11.3. The van der Waals surface area contributed by atoms with E-state index in [2.05, 4.69) is 19.9 Å². The molecule has 0 radical (unpaired) electrons. The maximum atomic E-state index is 12.6. The lowest BCUT2D eigenvalue weighted by molar-refractivity contribution is -0.135. The fourth-order valence-electron chi connectivity index (χ4n) is 3.48. The third kappa shape index (κ3) is 4.75. The molecule has 23 heavy (non-hydrogen) atoms. The van der Waals surface area contributed by atoms with Crippen LogP contribution in [0.5, 0.6) is 0 Å². The Hall–Kier alpha value is -1.47. The Morgan fingerprint density at radius 2 is 2.09 bits per heavy atom. The van der Waals surface area contributed by atoms with Gasteiger partial charge in [-0.2, -0.15) is 5.10 Å². The predicted molar refractivity (Wildman–Crippen MR) is 85.9 cm³/mol. The molecule has 1 aromatic heterocycles. The molecule has 2 aliphatic heterocycles.